The molecule has 0 radical (unpaired) electrons. The molecule has 0 saturated heterocycles. The van der Waals surface area contributed by atoms with Gasteiger partial charge in [0.25, 0.3) is 0 Å². The normalized spacial score (nSPS) is 11.4. The Bertz CT molecular complexity index is 744. The standard InChI is InChI=1S/C16H19NO3S/c1-11-6-4-5-7-14(11)10-20-15-8-12(2)16(13(3)9-15)21(17,18)19/h4-9H,10H2,1-3H3,(H2,17,18,19). The molecule has 5 heteroatoms. The van der Waals surface area contributed by atoms with Gasteiger partial charge in [-0.15, -0.1) is 0 Å². The molecule has 112 valence electrons. The maximum Gasteiger partial charge on any atom is 0.238 e. The van der Waals surface area contributed by atoms with Crippen molar-refractivity contribution < 1.29 is 13.2 Å². The maximum absolute atomic E-state index is 11.5. The number of hydrogen-bond donors (Lipinski definition) is 1. The summed E-state index contributed by atoms with van der Waals surface area (Å²) in [6.45, 7) is 5.90. The second kappa shape index (κ2) is 5.87. The van der Waals surface area contributed by atoms with Crippen molar-refractivity contribution in [2.24, 2.45) is 5.14 Å². The van der Waals surface area contributed by atoms with E-state index in [0.29, 0.717) is 23.5 Å². The van der Waals surface area contributed by atoms with Crippen LogP contribution in [0.2, 0.25) is 0 Å². The van der Waals surface area contributed by atoms with Gasteiger partial charge < -0.3 is 4.74 Å². The van der Waals surface area contributed by atoms with Crippen LogP contribution in [0.3, 0.4) is 0 Å². The molecule has 0 atom stereocenters. The van der Waals surface area contributed by atoms with Gasteiger partial charge in [-0.1, -0.05) is 24.3 Å². The van der Waals surface area contributed by atoms with Gasteiger partial charge in [-0.2, -0.15) is 0 Å². The van der Waals surface area contributed by atoms with Crippen LogP contribution in [-0.4, -0.2) is 8.42 Å². The number of nitrogens with two attached hydrogens (primary N) is 1. The number of hydrogen-bond acceptors (Lipinski definition) is 3. The summed E-state index contributed by atoms with van der Waals surface area (Å²) in [4.78, 5) is 0.172. The van der Waals surface area contributed by atoms with Crippen LogP contribution >= 0.6 is 0 Å². The highest BCUT2D eigenvalue weighted by molar-refractivity contribution is 7.89. The lowest BCUT2D eigenvalue weighted by Crippen LogP contribution is -2.15. The molecule has 2 rings (SSSR count). The molecule has 0 heterocycles. The van der Waals surface area contributed by atoms with Crippen molar-refractivity contribution >= 4 is 10.0 Å². The molecule has 0 aliphatic heterocycles. The zero-order valence-corrected chi connectivity index (χ0v) is 13.2. The van der Waals surface area contributed by atoms with Crippen molar-refractivity contribution in [1.82, 2.24) is 0 Å². The fraction of sp³-hybridized carbons (Fsp3) is 0.250. The first-order valence-corrected chi connectivity index (χ1v) is 8.15. The van der Waals surface area contributed by atoms with Crippen LogP contribution in [0.25, 0.3) is 0 Å². The zero-order valence-electron chi connectivity index (χ0n) is 12.4. The lowest BCUT2D eigenvalue weighted by molar-refractivity contribution is 0.305. The van der Waals surface area contributed by atoms with Crippen LogP contribution in [0.4, 0.5) is 0 Å². The van der Waals surface area contributed by atoms with Crippen molar-refractivity contribution in [3.63, 3.8) is 0 Å². The number of primary sulfonamides is 1. The van der Waals surface area contributed by atoms with Crippen molar-refractivity contribution in [3.8, 4) is 5.75 Å². The van der Waals surface area contributed by atoms with E-state index < -0.39 is 10.0 Å². The molecule has 0 aromatic heterocycles. The minimum Gasteiger partial charge on any atom is -0.489 e. The molecule has 0 bridgehead atoms. The van der Waals surface area contributed by atoms with Crippen LogP contribution < -0.4 is 9.88 Å². The molecule has 2 aromatic carbocycles. The molecule has 0 spiro atoms. The third-order valence-corrected chi connectivity index (χ3v) is 4.59. The predicted molar refractivity (Wildman–Crippen MR) is 82.8 cm³/mol. The largest absolute Gasteiger partial charge is 0.489 e. The first-order valence-electron chi connectivity index (χ1n) is 6.60. The first kappa shape index (κ1) is 15.5. The Morgan fingerprint density at radius 3 is 2.10 bits per heavy atom. The monoisotopic (exact) mass is 305 g/mol. The fourth-order valence-electron chi connectivity index (χ4n) is 2.38. The number of rotatable bonds is 4. The van der Waals surface area contributed by atoms with Crippen molar-refractivity contribution in [2.75, 3.05) is 0 Å². The molecule has 0 aliphatic carbocycles. The molecule has 4 nitrogen and oxygen atoms in total. The van der Waals surface area contributed by atoms with Crippen LogP contribution in [0.5, 0.6) is 5.75 Å². The molecule has 0 aliphatic rings. The Labute approximate surface area is 125 Å². The number of ether oxygens (including phenoxy) is 1. The molecule has 0 fully saturated rings. The Hall–Kier alpha value is -1.85. The van der Waals surface area contributed by atoms with E-state index in [4.69, 9.17) is 9.88 Å². The molecule has 2 N–H and O–H groups in total. The summed E-state index contributed by atoms with van der Waals surface area (Å²) in [7, 11) is -3.71. The van der Waals surface area contributed by atoms with Crippen LogP contribution in [0.15, 0.2) is 41.3 Å². The lowest BCUT2D eigenvalue weighted by Gasteiger charge is -2.13. The fourth-order valence-corrected chi connectivity index (χ4v) is 3.39. The van der Waals surface area contributed by atoms with Crippen LogP contribution in [-0.2, 0) is 16.6 Å². The summed E-state index contributed by atoms with van der Waals surface area (Å²) in [5.74, 6) is 0.639. The molecule has 2 aromatic rings. The highest BCUT2D eigenvalue weighted by atomic mass is 32.2. The first-order chi connectivity index (χ1) is 9.79. The average molecular weight is 305 g/mol. The maximum atomic E-state index is 11.5. The lowest BCUT2D eigenvalue weighted by atomic mass is 10.1. The molecule has 0 unspecified atom stereocenters. The molecule has 0 saturated carbocycles. The van der Waals surface area contributed by atoms with Crippen molar-refractivity contribution in [3.05, 3.63) is 58.7 Å². The summed E-state index contributed by atoms with van der Waals surface area (Å²) in [6, 6.07) is 11.4. The van der Waals surface area contributed by atoms with Gasteiger partial charge in [0.05, 0.1) is 4.90 Å². The molecule has 0 amide bonds. The van der Waals surface area contributed by atoms with Gasteiger partial charge in [0.1, 0.15) is 12.4 Å². The Morgan fingerprint density at radius 2 is 1.57 bits per heavy atom. The van der Waals surface area contributed by atoms with E-state index >= 15 is 0 Å². The van der Waals surface area contributed by atoms with E-state index in [1.165, 1.54) is 0 Å². The van der Waals surface area contributed by atoms with Crippen molar-refractivity contribution in [2.45, 2.75) is 32.3 Å². The van der Waals surface area contributed by atoms with Gasteiger partial charge in [0.15, 0.2) is 0 Å². The summed E-state index contributed by atoms with van der Waals surface area (Å²) in [5, 5.41) is 5.22. The zero-order chi connectivity index (χ0) is 15.6. The van der Waals surface area contributed by atoms with Crippen molar-refractivity contribution in [1.29, 1.82) is 0 Å². The quantitative estimate of drug-likeness (QED) is 0.944. The number of aryl methyl sites for hydroxylation is 3. The van der Waals surface area contributed by atoms with Gasteiger partial charge in [-0.25, -0.2) is 13.6 Å². The number of benzene rings is 2. The van der Waals surface area contributed by atoms with Gasteiger partial charge in [-0.3, -0.25) is 0 Å². The summed E-state index contributed by atoms with van der Waals surface area (Å²) in [6.07, 6.45) is 0. The van der Waals surface area contributed by atoms with Crippen LogP contribution in [0, 0.1) is 20.8 Å². The van der Waals surface area contributed by atoms with E-state index in [0.717, 1.165) is 11.1 Å². The second-order valence-corrected chi connectivity index (χ2v) is 6.64. The van der Waals surface area contributed by atoms with Gasteiger partial charge in [0, 0.05) is 0 Å². The topological polar surface area (TPSA) is 69.4 Å². The highest BCUT2D eigenvalue weighted by Gasteiger charge is 2.16. The SMILES string of the molecule is Cc1ccccc1COc1cc(C)c(S(N)(=O)=O)c(C)c1. The van der Waals surface area contributed by atoms with Gasteiger partial charge in [0.2, 0.25) is 10.0 Å². The van der Waals surface area contributed by atoms with E-state index in [-0.39, 0.29) is 4.90 Å². The third kappa shape index (κ3) is 3.62. The third-order valence-electron chi connectivity index (χ3n) is 3.37. The smallest absolute Gasteiger partial charge is 0.238 e. The summed E-state index contributed by atoms with van der Waals surface area (Å²) >= 11 is 0. The minimum atomic E-state index is -3.71. The summed E-state index contributed by atoms with van der Waals surface area (Å²) < 4.78 is 28.9. The highest BCUT2D eigenvalue weighted by Crippen LogP contribution is 2.25. The Balaban J connectivity index is 2.25. The molecular formula is C16H19NO3S. The van der Waals surface area contributed by atoms with Gasteiger partial charge >= 0.3 is 0 Å². The minimum absolute atomic E-state index is 0.172. The van der Waals surface area contributed by atoms with E-state index in [1.807, 2.05) is 31.2 Å². The molecular weight excluding hydrogens is 286 g/mol. The molecule has 21 heavy (non-hydrogen) atoms. The van der Waals surface area contributed by atoms with Gasteiger partial charge in [-0.05, 0) is 55.2 Å². The predicted octanol–water partition coefficient (Wildman–Crippen LogP) is 2.84. The summed E-state index contributed by atoms with van der Waals surface area (Å²) in [5.41, 5.74) is 3.45. The average Bonchev–Trinajstić information content (AvgIpc) is 2.35. The number of sulfonamides is 1. The van der Waals surface area contributed by atoms with E-state index in [1.54, 1.807) is 26.0 Å². The van der Waals surface area contributed by atoms with E-state index in [9.17, 15) is 8.42 Å². The Morgan fingerprint density at radius 1 is 1.00 bits per heavy atom. The van der Waals surface area contributed by atoms with Crippen LogP contribution in [0.1, 0.15) is 22.3 Å². The van der Waals surface area contributed by atoms with E-state index in [2.05, 4.69) is 0 Å². The second-order valence-electron chi connectivity index (χ2n) is 5.15. The Kier molecular flexibility index (Phi) is 4.34.